The molecular formula is C16H32N4O5. The molecule has 9 nitrogen and oxygen atoms in total. The van der Waals surface area contributed by atoms with Gasteiger partial charge in [-0.05, 0) is 13.8 Å². The van der Waals surface area contributed by atoms with E-state index >= 15 is 0 Å². The monoisotopic (exact) mass is 360 g/mol. The van der Waals surface area contributed by atoms with Gasteiger partial charge in [0.2, 0.25) is 11.8 Å². The zero-order chi connectivity index (χ0) is 18.7. The second-order valence-electron chi connectivity index (χ2n) is 6.07. The molecule has 0 aromatic heterocycles. The Bertz CT molecular complexity index is 370. The summed E-state index contributed by atoms with van der Waals surface area (Å²) in [7, 11) is 0. The van der Waals surface area contributed by atoms with Gasteiger partial charge in [0.25, 0.3) is 0 Å². The Hall–Kier alpha value is -1.26. The molecule has 25 heavy (non-hydrogen) atoms. The number of nitrogens with zero attached hydrogens (tertiary/aromatic N) is 2. The third-order valence-electron chi connectivity index (χ3n) is 3.80. The molecule has 9 heteroatoms. The molecule has 1 rings (SSSR count). The van der Waals surface area contributed by atoms with Crippen molar-refractivity contribution < 1.29 is 23.8 Å². The van der Waals surface area contributed by atoms with Crippen LogP contribution in [0.15, 0.2) is 0 Å². The number of ether oxygens (including phenoxy) is 3. The Labute approximate surface area is 149 Å². The normalized spacial score (nSPS) is 21.8. The van der Waals surface area contributed by atoms with E-state index in [-0.39, 0.29) is 11.8 Å². The second-order valence-corrected chi connectivity index (χ2v) is 6.07. The highest BCUT2D eigenvalue weighted by molar-refractivity contribution is 5.81. The standard InChI is InChI=1S/C16H32N4O5/c1-13(17)15(21)19-3-7-23-8-4-20(16(22)14(2)18)6-10-25-12-11-24-9-5-19/h13-14H,3-12,17-18H2,1-2H3/t13-,14+. The van der Waals surface area contributed by atoms with Crippen LogP contribution in [0.4, 0.5) is 0 Å². The van der Waals surface area contributed by atoms with Crippen LogP contribution in [0, 0.1) is 0 Å². The van der Waals surface area contributed by atoms with Crippen molar-refractivity contribution in [2.75, 3.05) is 65.8 Å². The molecule has 1 fully saturated rings. The molecule has 0 radical (unpaired) electrons. The fourth-order valence-electron chi connectivity index (χ4n) is 2.36. The number of rotatable bonds is 2. The molecule has 146 valence electrons. The van der Waals surface area contributed by atoms with Gasteiger partial charge in [-0.2, -0.15) is 0 Å². The summed E-state index contributed by atoms with van der Waals surface area (Å²) in [6.07, 6.45) is 0. The first kappa shape index (κ1) is 21.8. The van der Waals surface area contributed by atoms with Crippen LogP contribution in [0.3, 0.4) is 0 Å². The van der Waals surface area contributed by atoms with Crippen LogP contribution in [-0.2, 0) is 23.8 Å². The first-order chi connectivity index (χ1) is 11.9. The molecular weight excluding hydrogens is 328 g/mol. The number of amides is 2. The van der Waals surface area contributed by atoms with Gasteiger partial charge in [0.15, 0.2) is 0 Å². The molecule has 0 aromatic rings. The Kier molecular flexibility index (Phi) is 10.6. The minimum absolute atomic E-state index is 0.137. The largest absolute Gasteiger partial charge is 0.378 e. The van der Waals surface area contributed by atoms with Crippen molar-refractivity contribution in [2.24, 2.45) is 11.5 Å². The first-order valence-corrected chi connectivity index (χ1v) is 8.75. The predicted molar refractivity (Wildman–Crippen MR) is 92.9 cm³/mol. The van der Waals surface area contributed by atoms with Crippen molar-refractivity contribution in [1.29, 1.82) is 0 Å². The van der Waals surface area contributed by atoms with E-state index in [1.165, 1.54) is 0 Å². The van der Waals surface area contributed by atoms with Crippen LogP contribution >= 0.6 is 0 Å². The Balaban J connectivity index is 2.58. The maximum absolute atomic E-state index is 12.1. The minimum Gasteiger partial charge on any atom is -0.378 e. The number of hydrogen-bond donors (Lipinski definition) is 2. The SMILES string of the molecule is C[C@H](N)C(=O)N1CCOCCOCCN(C(=O)[C@@H](C)N)CCOCC1. The Morgan fingerprint density at radius 1 is 0.680 bits per heavy atom. The van der Waals surface area contributed by atoms with Gasteiger partial charge in [0, 0.05) is 26.2 Å². The highest BCUT2D eigenvalue weighted by Gasteiger charge is 2.19. The van der Waals surface area contributed by atoms with Crippen molar-refractivity contribution in [3.63, 3.8) is 0 Å². The molecule has 0 unspecified atom stereocenters. The topological polar surface area (TPSA) is 120 Å². The molecule has 2 amide bonds. The Morgan fingerprint density at radius 3 is 1.24 bits per heavy atom. The van der Waals surface area contributed by atoms with E-state index in [1.54, 1.807) is 23.6 Å². The van der Waals surface area contributed by atoms with Gasteiger partial charge in [-0.25, -0.2) is 0 Å². The third kappa shape index (κ3) is 8.59. The van der Waals surface area contributed by atoms with Crippen LogP contribution in [-0.4, -0.2) is 99.5 Å². The van der Waals surface area contributed by atoms with Gasteiger partial charge in [0.1, 0.15) is 0 Å². The third-order valence-corrected chi connectivity index (χ3v) is 3.80. The summed E-state index contributed by atoms with van der Waals surface area (Å²) in [5.41, 5.74) is 11.4. The average molecular weight is 360 g/mol. The van der Waals surface area contributed by atoms with E-state index in [0.717, 1.165) is 0 Å². The van der Waals surface area contributed by atoms with E-state index in [4.69, 9.17) is 25.7 Å². The number of hydrogen-bond acceptors (Lipinski definition) is 7. The lowest BCUT2D eigenvalue weighted by atomic mass is 10.3. The van der Waals surface area contributed by atoms with Crippen molar-refractivity contribution in [3.05, 3.63) is 0 Å². The molecule has 1 aliphatic heterocycles. The van der Waals surface area contributed by atoms with Gasteiger partial charge in [-0.15, -0.1) is 0 Å². The predicted octanol–water partition coefficient (Wildman–Crippen LogP) is -1.60. The van der Waals surface area contributed by atoms with Gasteiger partial charge < -0.3 is 35.5 Å². The summed E-state index contributed by atoms with van der Waals surface area (Å²) >= 11 is 0. The molecule has 1 aliphatic rings. The molecule has 0 spiro atoms. The summed E-state index contributed by atoms with van der Waals surface area (Å²) in [5.74, 6) is -0.275. The van der Waals surface area contributed by atoms with Crippen LogP contribution in [0.2, 0.25) is 0 Å². The quantitative estimate of drug-likeness (QED) is 0.608. The highest BCUT2D eigenvalue weighted by Crippen LogP contribution is 1.98. The van der Waals surface area contributed by atoms with Crippen LogP contribution in [0.25, 0.3) is 0 Å². The lowest BCUT2D eigenvalue weighted by Crippen LogP contribution is -2.46. The van der Waals surface area contributed by atoms with E-state index in [9.17, 15) is 9.59 Å². The molecule has 0 aromatic carbocycles. The Morgan fingerprint density at radius 2 is 0.960 bits per heavy atom. The fourth-order valence-corrected chi connectivity index (χ4v) is 2.36. The van der Waals surface area contributed by atoms with Crippen molar-refractivity contribution in [2.45, 2.75) is 25.9 Å². The summed E-state index contributed by atoms with van der Waals surface area (Å²) < 4.78 is 16.5. The van der Waals surface area contributed by atoms with Gasteiger partial charge in [-0.3, -0.25) is 9.59 Å². The molecule has 4 N–H and O–H groups in total. The van der Waals surface area contributed by atoms with Crippen LogP contribution < -0.4 is 11.5 Å². The molecule has 0 aliphatic carbocycles. The zero-order valence-corrected chi connectivity index (χ0v) is 15.3. The van der Waals surface area contributed by atoms with Gasteiger partial charge in [0.05, 0.1) is 51.7 Å². The van der Waals surface area contributed by atoms with E-state index < -0.39 is 12.1 Å². The second kappa shape index (κ2) is 12.2. The van der Waals surface area contributed by atoms with E-state index in [0.29, 0.717) is 65.8 Å². The summed E-state index contributed by atoms with van der Waals surface area (Å²) in [5, 5.41) is 0. The van der Waals surface area contributed by atoms with Gasteiger partial charge in [-0.1, -0.05) is 0 Å². The minimum atomic E-state index is -0.565. The number of nitrogens with two attached hydrogens (primary N) is 2. The molecule has 1 heterocycles. The summed E-state index contributed by atoms with van der Waals surface area (Å²) in [4.78, 5) is 27.5. The number of carbonyl (C=O) groups excluding carboxylic acids is 2. The lowest BCUT2D eigenvalue weighted by molar-refractivity contribution is -0.133. The smallest absolute Gasteiger partial charge is 0.239 e. The van der Waals surface area contributed by atoms with E-state index in [2.05, 4.69) is 0 Å². The maximum atomic E-state index is 12.1. The molecule has 1 saturated heterocycles. The maximum Gasteiger partial charge on any atom is 0.239 e. The van der Waals surface area contributed by atoms with Crippen LogP contribution in [0.5, 0.6) is 0 Å². The van der Waals surface area contributed by atoms with Crippen molar-refractivity contribution in [1.82, 2.24) is 9.80 Å². The lowest BCUT2D eigenvalue weighted by Gasteiger charge is -2.25. The van der Waals surface area contributed by atoms with E-state index in [1.807, 2.05) is 0 Å². The summed E-state index contributed by atoms with van der Waals surface area (Å²) in [6, 6.07) is -1.13. The number of carbonyl (C=O) groups is 2. The van der Waals surface area contributed by atoms with Gasteiger partial charge >= 0.3 is 0 Å². The zero-order valence-electron chi connectivity index (χ0n) is 15.3. The summed E-state index contributed by atoms with van der Waals surface area (Å²) in [6.45, 7) is 7.52. The fraction of sp³-hybridized carbons (Fsp3) is 0.875. The van der Waals surface area contributed by atoms with Crippen LogP contribution in [0.1, 0.15) is 13.8 Å². The molecule has 0 saturated carbocycles. The first-order valence-electron chi connectivity index (χ1n) is 8.75. The molecule has 0 bridgehead atoms. The van der Waals surface area contributed by atoms with Crippen molar-refractivity contribution in [3.8, 4) is 0 Å². The molecule has 2 atom stereocenters. The average Bonchev–Trinajstić information content (AvgIpc) is 2.58. The van der Waals surface area contributed by atoms with Crippen molar-refractivity contribution >= 4 is 11.8 Å². The highest BCUT2D eigenvalue weighted by atomic mass is 16.5.